The molecule has 2 aromatic heterocycles. The number of hydrogen-bond acceptors (Lipinski definition) is 8. The average molecular weight is 343 g/mol. The van der Waals surface area contributed by atoms with E-state index in [0.29, 0.717) is 5.82 Å². The fourth-order valence-corrected chi connectivity index (χ4v) is 3.03. The Morgan fingerprint density at radius 2 is 2.25 bits per heavy atom. The number of aromatic hydroxyl groups is 1. The van der Waals surface area contributed by atoms with Crippen LogP contribution in [0, 0.1) is 10.1 Å². The molecule has 0 amide bonds. The van der Waals surface area contributed by atoms with Crippen molar-refractivity contribution < 1.29 is 10.0 Å². The predicted octanol–water partition coefficient (Wildman–Crippen LogP) is 3.31. The van der Waals surface area contributed by atoms with Gasteiger partial charge in [-0.3, -0.25) is 15.5 Å². The van der Waals surface area contributed by atoms with Crippen molar-refractivity contribution >= 4 is 39.3 Å². The van der Waals surface area contributed by atoms with E-state index in [1.807, 2.05) is 6.07 Å². The Bertz CT molecular complexity index is 938. The number of aryl methyl sites for hydroxylation is 1. The van der Waals surface area contributed by atoms with Gasteiger partial charge in [0.05, 0.1) is 16.5 Å². The summed E-state index contributed by atoms with van der Waals surface area (Å²) in [6, 6.07) is 5.74. The summed E-state index contributed by atoms with van der Waals surface area (Å²) < 4.78 is 0. The topological polar surface area (TPSA) is 114 Å². The highest BCUT2D eigenvalue weighted by molar-refractivity contribution is 7.18. The second kappa shape index (κ2) is 6.59. The Morgan fingerprint density at radius 3 is 3.00 bits per heavy atom. The zero-order chi connectivity index (χ0) is 17.1. The Morgan fingerprint density at radius 1 is 1.42 bits per heavy atom. The van der Waals surface area contributed by atoms with Crippen LogP contribution in [0.25, 0.3) is 10.2 Å². The smallest absolute Gasteiger partial charge is 0.270 e. The first-order chi connectivity index (χ1) is 11.6. The molecule has 0 saturated heterocycles. The van der Waals surface area contributed by atoms with Crippen LogP contribution in [0.3, 0.4) is 0 Å². The van der Waals surface area contributed by atoms with Crippen LogP contribution >= 0.6 is 11.3 Å². The number of nitrogens with one attached hydrogen (secondary N) is 1. The van der Waals surface area contributed by atoms with Gasteiger partial charge in [-0.2, -0.15) is 5.10 Å². The summed E-state index contributed by atoms with van der Waals surface area (Å²) in [5, 5.41) is 25.4. The van der Waals surface area contributed by atoms with Crippen LogP contribution in [-0.2, 0) is 6.42 Å². The Kier molecular flexibility index (Phi) is 4.34. The van der Waals surface area contributed by atoms with Crippen LogP contribution in [0.5, 0.6) is 5.75 Å². The highest BCUT2D eigenvalue weighted by Gasteiger charge is 2.09. The molecule has 0 aliphatic rings. The minimum Gasteiger partial charge on any atom is -0.507 e. The average Bonchev–Trinajstić information content (AvgIpc) is 3.00. The normalized spacial score (nSPS) is 11.2. The summed E-state index contributed by atoms with van der Waals surface area (Å²) in [5.41, 5.74) is 2.91. The number of fused-ring (bicyclic) bond motifs is 1. The number of hydrazone groups is 1. The molecule has 3 aromatic rings. The molecule has 0 bridgehead atoms. The van der Waals surface area contributed by atoms with Gasteiger partial charge in [0.1, 0.15) is 16.9 Å². The molecule has 8 nitrogen and oxygen atoms in total. The minimum atomic E-state index is -0.532. The van der Waals surface area contributed by atoms with Gasteiger partial charge in [-0.1, -0.05) is 6.92 Å². The van der Waals surface area contributed by atoms with Crippen LogP contribution in [0.15, 0.2) is 35.7 Å². The van der Waals surface area contributed by atoms with Crippen molar-refractivity contribution in [1.82, 2.24) is 9.97 Å². The van der Waals surface area contributed by atoms with E-state index < -0.39 is 4.92 Å². The van der Waals surface area contributed by atoms with E-state index in [-0.39, 0.29) is 17.0 Å². The molecule has 0 spiro atoms. The van der Waals surface area contributed by atoms with Gasteiger partial charge in [0.25, 0.3) is 5.69 Å². The number of rotatable bonds is 5. The van der Waals surface area contributed by atoms with Gasteiger partial charge < -0.3 is 5.11 Å². The van der Waals surface area contributed by atoms with Crippen molar-refractivity contribution in [1.29, 1.82) is 0 Å². The third-order valence-corrected chi connectivity index (χ3v) is 4.51. The molecular formula is C15H13N5O3S. The fourth-order valence-electron chi connectivity index (χ4n) is 2.09. The number of non-ortho nitro benzene ring substituents is 1. The number of nitro benzene ring substituents is 1. The molecule has 0 radical (unpaired) electrons. The first-order valence-electron chi connectivity index (χ1n) is 7.08. The van der Waals surface area contributed by atoms with Gasteiger partial charge in [-0.25, -0.2) is 9.97 Å². The van der Waals surface area contributed by atoms with Gasteiger partial charge >= 0.3 is 0 Å². The minimum absolute atomic E-state index is 0.0946. The summed E-state index contributed by atoms with van der Waals surface area (Å²) in [5.74, 6) is 0.444. The third kappa shape index (κ3) is 3.15. The summed E-state index contributed by atoms with van der Waals surface area (Å²) >= 11 is 1.59. The molecule has 3 rings (SSSR count). The molecule has 0 saturated carbocycles. The van der Waals surface area contributed by atoms with E-state index in [1.165, 1.54) is 35.6 Å². The zero-order valence-electron chi connectivity index (χ0n) is 12.6. The van der Waals surface area contributed by atoms with Gasteiger partial charge in [0, 0.05) is 22.6 Å². The molecule has 0 fully saturated rings. The second-order valence-corrected chi connectivity index (χ2v) is 5.99. The van der Waals surface area contributed by atoms with Crippen LogP contribution < -0.4 is 5.43 Å². The number of nitro groups is 1. The highest BCUT2D eigenvalue weighted by Crippen LogP contribution is 2.28. The van der Waals surface area contributed by atoms with Crippen molar-refractivity contribution in [2.24, 2.45) is 5.10 Å². The molecule has 2 N–H and O–H groups in total. The quantitative estimate of drug-likeness (QED) is 0.417. The number of hydrogen-bond donors (Lipinski definition) is 2. The maximum Gasteiger partial charge on any atom is 0.270 e. The van der Waals surface area contributed by atoms with E-state index >= 15 is 0 Å². The van der Waals surface area contributed by atoms with Gasteiger partial charge in [-0.05, 0) is 18.6 Å². The molecule has 0 unspecified atom stereocenters. The standard InChI is InChI=1S/C15H13N5O3S/c1-2-11-6-12-14(16-8-17-15(12)24-11)19-18-7-9-5-10(20(22)23)3-4-13(9)21/h3-8,21H,2H2,1H3,(H,16,17,19)/b18-7-. The number of anilines is 1. The molecule has 0 atom stereocenters. The molecule has 122 valence electrons. The second-order valence-electron chi connectivity index (χ2n) is 4.88. The van der Waals surface area contributed by atoms with E-state index in [4.69, 9.17) is 0 Å². The van der Waals surface area contributed by atoms with Crippen molar-refractivity contribution in [3.63, 3.8) is 0 Å². The molecule has 2 heterocycles. The van der Waals surface area contributed by atoms with Gasteiger partial charge in [0.2, 0.25) is 0 Å². The SMILES string of the molecule is CCc1cc2c(N/N=C\c3cc([N+](=O)[O-])ccc3O)ncnc2s1. The fraction of sp³-hybridized carbons (Fsp3) is 0.133. The lowest BCUT2D eigenvalue weighted by atomic mass is 10.2. The zero-order valence-corrected chi connectivity index (χ0v) is 13.4. The van der Waals surface area contributed by atoms with Crippen LogP contribution in [0.1, 0.15) is 17.4 Å². The Balaban J connectivity index is 1.86. The number of phenolic OH excluding ortho intramolecular Hbond substituents is 1. The van der Waals surface area contributed by atoms with E-state index in [1.54, 1.807) is 11.3 Å². The summed E-state index contributed by atoms with van der Waals surface area (Å²) in [6.45, 7) is 2.06. The Hall–Kier alpha value is -3.07. The van der Waals surface area contributed by atoms with Crippen molar-refractivity contribution in [2.75, 3.05) is 5.43 Å². The van der Waals surface area contributed by atoms with Crippen LogP contribution in [-0.4, -0.2) is 26.2 Å². The van der Waals surface area contributed by atoms with Crippen molar-refractivity contribution in [2.45, 2.75) is 13.3 Å². The highest BCUT2D eigenvalue weighted by atomic mass is 32.1. The van der Waals surface area contributed by atoms with E-state index in [0.717, 1.165) is 16.6 Å². The molecule has 24 heavy (non-hydrogen) atoms. The van der Waals surface area contributed by atoms with Crippen molar-refractivity contribution in [3.05, 3.63) is 51.1 Å². The summed E-state index contributed by atoms with van der Waals surface area (Å²) in [4.78, 5) is 20.7. The largest absolute Gasteiger partial charge is 0.507 e. The van der Waals surface area contributed by atoms with Gasteiger partial charge in [-0.15, -0.1) is 11.3 Å². The first-order valence-corrected chi connectivity index (χ1v) is 7.90. The first kappa shape index (κ1) is 15.8. The maximum atomic E-state index is 10.8. The predicted molar refractivity (Wildman–Crippen MR) is 92.8 cm³/mol. The lowest BCUT2D eigenvalue weighted by Crippen LogP contribution is -1.95. The lowest BCUT2D eigenvalue weighted by molar-refractivity contribution is -0.384. The van der Waals surface area contributed by atoms with Crippen LogP contribution in [0.4, 0.5) is 11.5 Å². The number of thiophene rings is 1. The lowest BCUT2D eigenvalue weighted by Gasteiger charge is -2.01. The molecule has 9 heteroatoms. The van der Waals surface area contributed by atoms with Crippen LogP contribution in [0.2, 0.25) is 0 Å². The molecular weight excluding hydrogens is 330 g/mol. The molecule has 0 aliphatic heterocycles. The Labute approximate surface area is 140 Å². The number of aromatic nitrogens is 2. The number of benzene rings is 1. The number of phenols is 1. The maximum absolute atomic E-state index is 10.8. The molecule has 0 aliphatic carbocycles. The third-order valence-electron chi connectivity index (χ3n) is 3.32. The van der Waals surface area contributed by atoms with Gasteiger partial charge in [0.15, 0.2) is 5.82 Å². The summed E-state index contributed by atoms with van der Waals surface area (Å²) in [6.07, 6.45) is 3.66. The van der Waals surface area contributed by atoms with E-state index in [2.05, 4.69) is 27.4 Å². The monoisotopic (exact) mass is 343 g/mol. The summed E-state index contributed by atoms with van der Waals surface area (Å²) in [7, 11) is 0. The molecule has 1 aromatic carbocycles. The van der Waals surface area contributed by atoms with E-state index in [9.17, 15) is 15.2 Å². The van der Waals surface area contributed by atoms with Crippen molar-refractivity contribution in [3.8, 4) is 5.75 Å². The number of nitrogens with zero attached hydrogens (tertiary/aromatic N) is 4.